The summed E-state index contributed by atoms with van der Waals surface area (Å²) in [6, 6.07) is 2.75. The number of carbonyl (C=O) groups excluding carboxylic acids is 3. The van der Waals surface area contributed by atoms with Gasteiger partial charge in [0.15, 0.2) is 5.69 Å². The molecule has 0 N–H and O–H groups in total. The fraction of sp³-hybridized carbons (Fsp3) is 0.385. The van der Waals surface area contributed by atoms with Crippen LogP contribution in [0, 0.1) is 0 Å². The highest BCUT2D eigenvalue weighted by Crippen LogP contribution is 2.10. The first-order chi connectivity index (χ1) is 9.45. The minimum atomic E-state index is -1.13. The van der Waals surface area contributed by atoms with Crippen LogP contribution in [0.5, 0.6) is 0 Å². The molecule has 0 amide bonds. The first kappa shape index (κ1) is 15.6. The van der Waals surface area contributed by atoms with E-state index in [0.717, 1.165) is 0 Å². The van der Waals surface area contributed by atoms with Crippen molar-refractivity contribution in [2.45, 2.75) is 26.9 Å². The molecular formula is C13H15NO6. The van der Waals surface area contributed by atoms with Crippen LogP contribution in [0.1, 0.15) is 41.6 Å². The van der Waals surface area contributed by atoms with Gasteiger partial charge in [-0.15, -0.1) is 0 Å². The predicted molar refractivity (Wildman–Crippen MR) is 67.2 cm³/mol. The smallest absolute Gasteiger partial charge is 0.458 e. The SMILES string of the molecule is CCOC(=O)OC(=O)c1cccnc1C(=O)OC(C)C. The van der Waals surface area contributed by atoms with Gasteiger partial charge in [0.25, 0.3) is 0 Å². The van der Waals surface area contributed by atoms with Gasteiger partial charge in [-0.2, -0.15) is 0 Å². The van der Waals surface area contributed by atoms with E-state index < -0.39 is 18.1 Å². The third-order valence-corrected chi connectivity index (χ3v) is 2.00. The Balaban J connectivity index is 2.92. The summed E-state index contributed by atoms with van der Waals surface area (Å²) in [6.07, 6.45) is -0.166. The molecule has 0 fully saturated rings. The number of nitrogens with zero attached hydrogens (tertiary/aromatic N) is 1. The summed E-state index contributed by atoms with van der Waals surface area (Å²) < 4.78 is 13.9. The first-order valence-electron chi connectivity index (χ1n) is 6.00. The van der Waals surface area contributed by atoms with E-state index in [2.05, 4.69) is 14.5 Å². The van der Waals surface area contributed by atoms with Crippen molar-refractivity contribution >= 4 is 18.1 Å². The summed E-state index contributed by atoms with van der Waals surface area (Å²) in [5, 5.41) is 0. The lowest BCUT2D eigenvalue weighted by atomic mass is 10.2. The lowest BCUT2D eigenvalue weighted by Crippen LogP contribution is -2.20. The highest BCUT2D eigenvalue weighted by atomic mass is 16.7. The Bertz CT molecular complexity index is 511. The largest absolute Gasteiger partial charge is 0.516 e. The minimum Gasteiger partial charge on any atom is -0.458 e. The highest BCUT2D eigenvalue weighted by molar-refractivity contribution is 6.04. The molecule has 0 aliphatic heterocycles. The third-order valence-electron chi connectivity index (χ3n) is 2.00. The zero-order valence-corrected chi connectivity index (χ0v) is 11.4. The van der Waals surface area contributed by atoms with E-state index in [1.807, 2.05) is 0 Å². The standard InChI is InChI=1S/C13H15NO6/c1-4-18-13(17)20-11(15)9-6-5-7-14-10(9)12(16)19-8(2)3/h5-8H,4H2,1-3H3. The van der Waals surface area contributed by atoms with E-state index in [1.54, 1.807) is 20.8 Å². The molecule has 0 bridgehead atoms. The molecule has 0 aliphatic carbocycles. The van der Waals surface area contributed by atoms with Crippen LogP contribution in [0.25, 0.3) is 0 Å². The van der Waals surface area contributed by atoms with Gasteiger partial charge in [0.2, 0.25) is 0 Å². The maximum absolute atomic E-state index is 11.8. The number of pyridine rings is 1. The van der Waals surface area contributed by atoms with Crippen molar-refractivity contribution in [1.29, 1.82) is 0 Å². The van der Waals surface area contributed by atoms with E-state index in [4.69, 9.17) is 4.74 Å². The van der Waals surface area contributed by atoms with Gasteiger partial charge in [-0.1, -0.05) is 0 Å². The van der Waals surface area contributed by atoms with Crippen molar-refractivity contribution in [3.63, 3.8) is 0 Å². The molecular weight excluding hydrogens is 266 g/mol. The van der Waals surface area contributed by atoms with Crippen molar-refractivity contribution < 1.29 is 28.6 Å². The van der Waals surface area contributed by atoms with E-state index in [0.29, 0.717) is 0 Å². The molecule has 1 aromatic heterocycles. The molecule has 0 atom stereocenters. The van der Waals surface area contributed by atoms with Gasteiger partial charge in [0.05, 0.1) is 18.3 Å². The number of hydrogen-bond donors (Lipinski definition) is 0. The fourth-order valence-electron chi connectivity index (χ4n) is 1.28. The molecule has 0 spiro atoms. The molecule has 1 aromatic rings. The molecule has 0 saturated heterocycles. The molecule has 7 nitrogen and oxygen atoms in total. The van der Waals surface area contributed by atoms with Crippen molar-refractivity contribution in [2.75, 3.05) is 6.61 Å². The number of aromatic nitrogens is 1. The van der Waals surface area contributed by atoms with Gasteiger partial charge in [0, 0.05) is 6.20 Å². The lowest BCUT2D eigenvalue weighted by Gasteiger charge is -2.09. The van der Waals surface area contributed by atoms with Crippen molar-refractivity contribution in [1.82, 2.24) is 4.98 Å². The Labute approximate surface area is 115 Å². The van der Waals surface area contributed by atoms with Crippen molar-refractivity contribution in [3.8, 4) is 0 Å². The first-order valence-corrected chi connectivity index (χ1v) is 6.00. The molecule has 7 heteroatoms. The second kappa shape index (κ2) is 7.22. The molecule has 0 aliphatic rings. The van der Waals surface area contributed by atoms with E-state index >= 15 is 0 Å². The Hall–Kier alpha value is -2.44. The number of hydrogen-bond acceptors (Lipinski definition) is 7. The minimum absolute atomic E-state index is 0.0708. The Morgan fingerprint density at radius 3 is 2.55 bits per heavy atom. The quantitative estimate of drug-likeness (QED) is 0.615. The fourth-order valence-corrected chi connectivity index (χ4v) is 1.28. The maximum Gasteiger partial charge on any atom is 0.516 e. The van der Waals surface area contributed by atoms with Crippen LogP contribution in [0.2, 0.25) is 0 Å². The second-order valence-electron chi connectivity index (χ2n) is 3.93. The zero-order valence-electron chi connectivity index (χ0n) is 11.4. The maximum atomic E-state index is 11.8. The Morgan fingerprint density at radius 2 is 1.95 bits per heavy atom. The summed E-state index contributed by atoms with van der Waals surface area (Å²) in [4.78, 5) is 38.4. The average molecular weight is 281 g/mol. The van der Waals surface area contributed by atoms with E-state index in [-0.39, 0.29) is 24.0 Å². The number of esters is 2. The summed E-state index contributed by atoms with van der Waals surface area (Å²) >= 11 is 0. The van der Waals surface area contributed by atoms with Crippen LogP contribution in [0.3, 0.4) is 0 Å². The summed E-state index contributed by atoms with van der Waals surface area (Å²) in [5.74, 6) is -1.79. The third kappa shape index (κ3) is 4.34. The van der Waals surface area contributed by atoms with Gasteiger partial charge in [-0.3, -0.25) is 0 Å². The van der Waals surface area contributed by atoms with Crippen molar-refractivity contribution in [2.24, 2.45) is 0 Å². The van der Waals surface area contributed by atoms with Gasteiger partial charge >= 0.3 is 18.1 Å². The molecule has 1 heterocycles. The monoisotopic (exact) mass is 281 g/mol. The second-order valence-corrected chi connectivity index (χ2v) is 3.93. The number of carbonyl (C=O) groups is 3. The highest BCUT2D eigenvalue weighted by Gasteiger charge is 2.23. The molecule has 108 valence electrons. The van der Waals surface area contributed by atoms with Gasteiger partial charge in [-0.25, -0.2) is 19.4 Å². The predicted octanol–water partition coefficient (Wildman–Crippen LogP) is 1.96. The number of ether oxygens (including phenoxy) is 3. The van der Waals surface area contributed by atoms with Crippen LogP contribution in [-0.4, -0.2) is 35.8 Å². The van der Waals surface area contributed by atoms with E-state index in [1.165, 1.54) is 18.3 Å². The molecule has 1 rings (SSSR count). The number of rotatable bonds is 4. The van der Waals surface area contributed by atoms with Crippen LogP contribution in [0.4, 0.5) is 4.79 Å². The van der Waals surface area contributed by atoms with Gasteiger partial charge < -0.3 is 14.2 Å². The molecule has 0 radical (unpaired) electrons. The van der Waals surface area contributed by atoms with Gasteiger partial charge in [-0.05, 0) is 32.9 Å². The van der Waals surface area contributed by atoms with Gasteiger partial charge in [0.1, 0.15) is 0 Å². The zero-order chi connectivity index (χ0) is 15.1. The molecule has 0 aromatic carbocycles. The van der Waals surface area contributed by atoms with Crippen LogP contribution in [-0.2, 0) is 14.2 Å². The Morgan fingerprint density at radius 1 is 1.25 bits per heavy atom. The van der Waals surface area contributed by atoms with Crippen molar-refractivity contribution in [3.05, 3.63) is 29.6 Å². The normalized spacial score (nSPS) is 10.0. The summed E-state index contributed by atoms with van der Waals surface area (Å²) in [5.41, 5.74) is -0.373. The average Bonchev–Trinajstić information content (AvgIpc) is 2.38. The summed E-state index contributed by atoms with van der Waals surface area (Å²) in [6.45, 7) is 4.97. The summed E-state index contributed by atoms with van der Waals surface area (Å²) in [7, 11) is 0. The molecule has 0 unspecified atom stereocenters. The lowest BCUT2D eigenvalue weighted by molar-refractivity contribution is 0.0334. The van der Waals surface area contributed by atoms with E-state index in [9.17, 15) is 14.4 Å². The topological polar surface area (TPSA) is 91.8 Å². The molecule has 20 heavy (non-hydrogen) atoms. The molecule has 0 saturated carbocycles. The van der Waals surface area contributed by atoms with Crippen LogP contribution in [0.15, 0.2) is 18.3 Å². The van der Waals surface area contributed by atoms with Crippen LogP contribution < -0.4 is 0 Å². The Kier molecular flexibility index (Phi) is 5.64. The van der Waals surface area contributed by atoms with Crippen LogP contribution >= 0.6 is 0 Å².